The van der Waals surface area contributed by atoms with E-state index in [9.17, 15) is 18.0 Å². The molecule has 2 N–H and O–H groups in total. The minimum Gasteiger partial charge on any atom is -0.326 e. The number of nitrogens with zero attached hydrogens (tertiary/aromatic N) is 3. The number of rotatable bonds is 2. The summed E-state index contributed by atoms with van der Waals surface area (Å²) in [5, 5.41) is 5.06. The highest BCUT2D eigenvalue weighted by Gasteiger charge is 2.30. The van der Waals surface area contributed by atoms with Crippen LogP contribution in [0.3, 0.4) is 0 Å². The van der Waals surface area contributed by atoms with Crippen LogP contribution in [0, 0.1) is 13.8 Å². The minimum absolute atomic E-state index is 0.0724. The quantitative estimate of drug-likeness (QED) is 0.642. The van der Waals surface area contributed by atoms with Gasteiger partial charge in [-0.1, -0.05) is 6.07 Å². The maximum absolute atomic E-state index is 12.8. The van der Waals surface area contributed by atoms with Crippen LogP contribution in [0.4, 0.5) is 24.8 Å². The molecule has 1 heterocycles. The summed E-state index contributed by atoms with van der Waals surface area (Å²) >= 11 is 0. The third-order valence-electron chi connectivity index (χ3n) is 2.93. The number of nitrogens with one attached hydrogen (secondary N) is 2. The lowest BCUT2D eigenvalue weighted by atomic mass is 10.2. The molecule has 0 bridgehead atoms. The predicted molar refractivity (Wildman–Crippen MR) is 87.5 cm³/mol. The van der Waals surface area contributed by atoms with Crippen molar-refractivity contribution < 1.29 is 18.0 Å². The highest BCUT2D eigenvalue weighted by Crippen LogP contribution is 2.30. The Morgan fingerprint density at radius 1 is 1.12 bits per heavy atom. The number of anilines is 1. The Morgan fingerprint density at radius 2 is 1.76 bits per heavy atom. The lowest BCUT2D eigenvalue weighted by molar-refractivity contribution is -0.137. The average Bonchev–Trinajstić information content (AvgIpc) is 2.44. The summed E-state index contributed by atoms with van der Waals surface area (Å²) in [7, 11) is 0. The van der Waals surface area contributed by atoms with Crippen LogP contribution < -0.4 is 10.6 Å². The summed E-state index contributed by atoms with van der Waals surface area (Å²) in [4.78, 5) is 23.6. The van der Waals surface area contributed by atoms with Crippen molar-refractivity contribution in [2.24, 2.45) is 4.99 Å². The van der Waals surface area contributed by atoms with Gasteiger partial charge in [0.1, 0.15) is 0 Å². The molecule has 9 heteroatoms. The fraction of sp³-hybridized carbons (Fsp3) is 0.250. The first kappa shape index (κ1) is 18.4. The van der Waals surface area contributed by atoms with Crippen molar-refractivity contribution in [3.05, 3.63) is 47.3 Å². The lowest BCUT2D eigenvalue weighted by Crippen LogP contribution is -2.34. The Kier molecular flexibility index (Phi) is 5.35. The number of hydrogen-bond acceptors (Lipinski definition) is 4. The van der Waals surface area contributed by atoms with Gasteiger partial charge in [0.15, 0.2) is 0 Å². The molecule has 2 rings (SSSR count). The van der Waals surface area contributed by atoms with Crippen LogP contribution >= 0.6 is 0 Å². The third kappa shape index (κ3) is 5.55. The fourth-order valence-electron chi connectivity index (χ4n) is 2.02. The first-order valence-electron chi connectivity index (χ1n) is 7.26. The monoisotopic (exact) mass is 351 g/mol. The Morgan fingerprint density at radius 3 is 2.32 bits per heavy atom. The summed E-state index contributed by atoms with van der Waals surface area (Å²) in [6.45, 7) is 4.77. The molecule has 0 fully saturated rings. The largest absolute Gasteiger partial charge is 0.416 e. The van der Waals surface area contributed by atoms with Gasteiger partial charge in [-0.15, -0.1) is 0 Å². The van der Waals surface area contributed by atoms with Gasteiger partial charge in [0.05, 0.1) is 5.56 Å². The second-order valence-corrected chi connectivity index (χ2v) is 5.30. The van der Waals surface area contributed by atoms with Crippen molar-refractivity contribution in [2.45, 2.75) is 26.9 Å². The Hall–Kier alpha value is -2.97. The van der Waals surface area contributed by atoms with E-state index in [2.05, 4.69) is 25.6 Å². The maximum Gasteiger partial charge on any atom is 0.416 e. The molecule has 2 aromatic rings. The number of alkyl halides is 3. The van der Waals surface area contributed by atoms with E-state index in [1.54, 1.807) is 19.9 Å². The van der Waals surface area contributed by atoms with Crippen molar-refractivity contribution >= 4 is 23.5 Å². The maximum atomic E-state index is 12.8. The first-order chi connectivity index (χ1) is 11.6. The molecular weight excluding hydrogens is 335 g/mol. The molecule has 0 aliphatic heterocycles. The third-order valence-corrected chi connectivity index (χ3v) is 2.93. The van der Waals surface area contributed by atoms with Crippen molar-refractivity contribution in [3.8, 4) is 0 Å². The van der Waals surface area contributed by atoms with E-state index in [0.717, 1.165) is 12.1 Å². The Labute approximate surface area is 142 Å². The van der Waals surface area contributed by atoms with E-state index in [-0.39, 0.29) is 17.6 Å². The molecule has 132 valence electrons. The molecule has 0 saturated carbocycles. The van der Waals surface area contributed by atoms with Crippen molar-refractivity contribution in [2.75, 3.05) is 5.32 Å². The molecule has 1 aromatic heterocycles. The molecule has 6 nitrogen and oxygen atoms in total. The highest BCUT2D eigenvalue weighted by molar-refractivity contribution is 6.04. The molecule has 0 unspecified atom stereocenters. The number of aryl methyl sites for hydroxylation is 2. The van der Waals surface area contributed by atoms with Gasteiger partial charge >= 0.3 is 6.18 Å². The van der Waals surface area contributed by atoms with Gasteiger partial charge in [-0.05, 0) is 38.1 Å². The van der Waals surface area contributed by atoms with E-state index in [1.165, 1.54) is 19.1 Å². The lowest BCUT2D eigenvalue weighted by Gasteiger charge is -2.12. The SMILES string of the molecule is CC(=O)N/C(=N\c1nc(C)cc(C)n1)Nc1cccc(C(F)(F)F)c1. The van der Waals surface area contributed by atoms with Gasteiger partial charge in [-0.25, -0.2) is 9.97 Å². The molecule has 0 radical (unpaired) electrons. The molecule has 0 atom stereocenters. The average molecular weight is 351 g/mol. The molecule has 0 aliphatic carbocycles. The van der Waals surface area contributed by atoms with Crippen molar-refractivity contribution in [1.29, 1.82) is 0 Å². The van der Waals surface area contributed by atoms with Gasteiger partial charge in [-0.2, -0.15) is 18.2 Å². The molecule has 0 spiro atoms. The Balaban J connectivity index is 2.35. The second kappa shape index (κ2) is 7.29. The van der Waals surface area contributed by atoms with E-state index >= 15 is 0 Å². The first-order valence-corrected chi connectivity index (χ1v) is 7.26. The summed E-state index contributed by atoms with van der Waals surface area (Å²) < 4.78 is 38.4. The summed E-state index contributed by atoms with van der Waals surface area (Å²) in [6.07, 6.45) is -4.47. The van der Waals surface area contributed by atoms with Crippen LogP contribution in [0.5, 0.6) is 0 Å². The van der Waals surface area contributed by atoms with Gasteiger partial charge < -0.3 is 5.32 Å². The Bertz CT molecular complexity index is 797. The summed E-state index contributed by atoms with van der Waals surface area (Å²) in [5.41, 5.74) is 0.647. The van der Waals surface area contributed by atoms with E-state index < -0.39 is 17.6 Å². The molecule has 0 aliphatic rings. The number of aromatic nitrogens is 2. The second-order valence-electron chi connectivity index (χ2n) is 5.30. The van der Waals surface area contributed by atoms with Crippen LogP contribution in [0.2, 0.25) is 0 Å². The molecule has 1 amide bonds. The number of benzene rings is 1. The van der Waals surface area contributed by atoms with Crippen molar-refractivity contribution in [3.63, 3.8) is 0 Å². The van der Waals surface area contributed by atoms with Crippen LogP contribution in [0.25, 0.3) is 0 Å². The molecule has 0 saturated heterocycles. The number of guanidine groups is 1. The topological polar surface area (TPSA) is 79.3 Å². The number of aliphatic imine (C=N–C) groups is 1. The predicted octanol–water partition coefficient (Wildman–Crippen LogP) is 3.35. The minimum atomic E-state index is -4.47. The normalized spacial score (nSPS) is 12.0. The fourth-order valence-corrected chi connectivity index (χ4v) is 2.02. The van der Waals surface area contributed by atoms with Gasteiger partial charge in [0, 0.05) is 24.0 Å². The zero-order valence-electron chi connectivity index (χ0n) is 13.8. The van der Waals surface area contributed by atoms with Crippen LogP contribution in [-0.4, -0.2) is 21.8 Å². The van der Waals surface area contributed by atoms with Gasteiger partial charge in [0.2, 0.25) is 11.9 Å². The van der Waals surface area contributed by atoms with Crippen LogP contribution in [0.15, 0.2) is 35.3 Å². The number of halogens is 3. The standard InChI is InChI=1S/C16H16F3N5O/c1-9-7-10(2)21-14(20-9)24-15(22-11(3)25)23-13-6-4-5-12(8-13)16(17,18)19/h4-8H,1-3H3,(H2,20,21,22,23,24,25). The highest BCUT2D eigenvalue weighted by atomic mass is 19.4. The molecule has 25 heavy (non-hydrogen) atoms. The number of carbonyl (C=O) groups excluding carboxylic acids is 1. The number of amides is 1. The smallest absolute Gasteiger partial charge is 0.326 e. The van der Waals surface area contributed by atoms with Crippen LogP contribution in [0.1, 0.15) is 23.9 Å². The van der Waals surface area contributed by atoms with E-state index in [4.69, 9.17) is 0 Å². The van der Waals surface area contributed by atoms with Gasteiger partial charge in [-0.3, -0.25) is 10.1 Å². The van der Waals surface area contributed by atoms with E-state index in [0.29, 0.717) is 11.4 Å². The van der Waals surface area contributed by atoms with Gasteiger partial charge in [0.25, 0.3) is 5.95 Å². The summed E-state index contributed by atoms with van der Waals surface area (Å²) in [5.74, 6) is -0.430. The molecule has 1 aromatic carbocycles. The summed E-state index contributed by atoms with van der Waals surface area (Å²) in [6, 6.07) is 6.29. The number of hydrogen-bond donors (Lipinski definition) is 2. The molecular formula is C16H16F3N5O. The zero-order valence-corrected chi connectivity index (χ0v) is 13.8. The van der Waals surface area contributed by atoms with Crippen LogP contribution in [-0.2, 0) is 11.0 Å². The number of carbonyl (C=O) groups is 1. The van der Waals surface area contributed by atoms with E-state index in [1.807, 2.05) is 0 Å². The van der Waals surface area contributed by atoms with Crippen molar-refractivity contribution in [1.82, 2.24) is 15.3 Å². The zero-order chi connectivity index (χ0) is 18.6.